The van der Waals surface area contributed by atoms with Crippen molar-refractivity contribution >= 4 is 5.84 Å². The molecule has 0 saturated carbocycles. The van der Waals surface area contributed by atoms with Crippen LogP contribution in [0.2, 0.25) is 0 Å². The van der Waals surface area contributed by atoms with Crippen LogP contribution in [-0.2, 0) is 0 Å². The quantitative estimate of drug-likeness (QED) is 0.321. The molecule has 17 heavy (non-hydrogen) atoms. The Balaban J connectivity index is 3.22. The number of amidine groups is 1. The first-order valence-corrected chi connectivity index (χ1v) is 7.45. The van der Waals surface area contributed by atoms with Crippen molar-refractivity contribution < 1.29 is 0 Å². The van der Waals surface area contributed by atoms with Crippen molar-refractivity contribution in [3.63, 3.8) is 0 Å². The summed E-state index contributed by atoms with van der Waals surface area (Å²) in [5.74, 6) is 1.46. The van der Waals surface area contributed by atoms with E-state index in [0.717, 1.165) is 18.8 Å². The van der Waals surface area contributed by atoms with E-state index < -0.39 is 0 Å². The summed E-state index contributed by atoms with van der Waals surface area (Å²) in [4.78, 5) is 4.41. The summed E-state index contributed by atoms with van der Waals surface area (Å²) in [7, 11) is 0. The van der Waals surface area contributed by atoms with E-state index in [1.807, 2.05) is 0 Å². The maximum atomic E-state index is 5.82. The number of nitrogens with two attached hydrogens (primary N) is 1. The molecular weight excluding hydrogens is 208 g/mol. The molecule has 102 valence electrons. The Kier molecular flexibility index (Phi) is 11.6. The van der Waals surface area contributed by atoms with Gasteiger partial charge < -0.3 is 5.73 Å². The molecule has 0 atom stereocenters. The highest BCUT2D eigenvalue weighted by Gasteiger charge is 1.97. The molecule has 0 aliphatic carbocycles. The van der Waals surface area contributed by atoms with Gasteiger partial charge in [0.1, 0.15) is 0 Å². The molecule has 0 aromatic carbocycles. The van der Waals surface area contributed by atoms with Crippen LogP contribution in [0.25, 0.3) is 0 Å². The summed E-state index contributed by atoms with van der Waals surface area (Å²) in [6, 6.07) is 0. The molecule has 0 heterocycles. The van der Waals surface area contributed by atoms with Crippen LogP contribution in [0.15, 0.2) is 4.99 Å². The lowest BCUT2D eigenvalue weighted by Gasteiger charge is -2.04. The lowest BCUT2D eigenvalue weighted by atomic mass is 10.1. The average Bonchev–Trinajstić information content (AvgIpc) is 2.26. The normalized spacial score (nSPS) is 12.4. The van der Waals surface area contributed by atoms with Gasteiger partial charge in [-0.2, -0.15) is 0 Å². The Hall–Kier alpha value is -0.530. The molecule has 0 saturated heterocycles. The molecule has 0 rings (SSSR count). The molecule has 0 radical (unpaired) electrons. The van der Waals surface area contributed by atoms with E-state index in [9.17, 15) is 0 Å². The van der Waals surface area contributed by atoms with Gasteiger partial charge in [-0.15, -0.1) is 0 Å². The summed E-state index contributed by atoms with van der Waals surface area (Å²) in [6.45, 7) is 7.55. The first-order valence-electron chi connectivity index (χ1n) is 7.45. The molecule has 2 heteroatoms. The monoisotopic (exact) mass is 240 g/mol. The molecule has 0 aromatic heterocycles. The van der Waals surface area contributed by atoms with Gasteiger partial charge >= 0.3 is 0 Å². The first kappa shape index (κ1) is 16.5. The molecular formula is C15H32N2. The topological polar surface area (TPSA) is 38.4 Å². The molecule has 0 amide bonds. The van der Waals surface area contributed by atoms with Gasteiger partial charge in [0.25, 0.3) is 0 Å². The molecule has 2 N–H and O–H groups in total. The predicted molar refractivity (Wildman–Crippen MR) is 78.6 cm³/mol. The molecule has 0 unspecified atom stereocenters. The van der Waals surface area contributed by atoms with Crippen molar-refractivity contribution in [3.05, 3.63) is 0 Å². The Morgan fingerprint density at radius 1 is 0.941 bits per heavy atom. The molecule has 0 bridgehead atoms. The van der Waals surface area contributed by atoms with Crippen molar-refractivity contribution in [2.75, 3.05) is 6.54 Å². The second-order valence-electron chi connectivity index (χ2n) is 5.45. The maximum absolute atomic E-state index is 5.82. The van der Waals surface area contributed by atoms with Crippen molar-refractivity contribution in [3.8, 4) is 0 Å². The Morgan fingerprint density at radius 3 is 2.00 bits per heavy atom. The van der Waals surface area contributed by atoms with Crippen molar-refractivity contribution in [2.24, 2.45) is 16.6 Å². The van der Waals surface area contributed by atoms with Crippen LogP contribution < -0.4 is 5.73 Å². The highest BCUT2D eigenvalue weighted by molar-refractivity contribution is 5.80. The zero-order valence-electron chi connectivity index (χ0n) is 12.2. The van der Waals surface area contributed by atoms with Gasteiger partial charge in [0.05, 0.1) is 5.84 Å². The third-order valence-electron chi connectivity index (χ3n) is 2.94. The largest absolute Gasteiger partial charge is 0.387 e. The van der Waals surface area contributed by atoms with E-state index in [2.05, 4.69) is 25.8 Å². The third-order valence-corrected chi connectivity index (χ3v) is 2.94. The molecule has 0 aromatic rings. The highest BCUT2D eigenvalue weighted by Crippen LogP contribution is 2.08. The van der Waals surface area contributed by atoms with Gasteiger partial charge in [0.2, 0.25) is 0 Å². The highest BCUT2D eigenvalue weighted by atomic mass is 14.8. The van der Waals surface area contributed by atoms with Crippen LogP contribution in [0.4, 0.5) is 0 Å². The summed E-state index contributed by atoms with van der Waals surface area (Å²) in [6.07, 6.45) is 11.8. The number of hydrogen-bond donors (Lipinski definition) is 1. The summed E-state index contributed by atoms with van der Waals surface area (Å²) >= 11 is 0. The molecule has 0 fully saturated rings. The number of nitrogens with zero attached hydrogens (tertiary/aromatic N) is 1. The van der Waals surface area contributed by atoms with Gasteiger partial charge in [-0.25, -0.2) is 0 Å². The SMILES string of the molecule is CCCCCCCCCCN=C(N)CC(C)C. The summed E-state index contributed by atoms with van der Waals surface area (Å²) in [5.41, 5.74) is 5.82. The van der Waals surface area contributed by atoms with Crippen molar-refractivity contribution in [1.29, 1.82) is 0 Å². The van der Waals surface area contributed by atoms with Gasteiger partial charge in [-0.3, -0.25) is 4.99 Å². The van der Waals surface area contributed by atoms with Crippen LogP contribution in [0.1, 0.15) is 78.6 Å². The molecule has 0 aliphatic rings. The number of unbranched alkanes of at least 4 members (excludes halogenated alkanes) is 7. The average molecular weight is 240 g/mol. The summed E-state index contributed by atoms with van der Waals surface area (Å²) < 4.78 is 0. The number of hydrogen-bond acceptors (Lipinski definition) is 1. The van der Waals surface area contributed by atoms with Crippen LogP contribution >= 0.6 is 0 Å². The van der Waals surface area contributed by atoms with Gasteiger partial charge in [-0.05, 0) is 12.3 Å². The lowest BCUT2D eigenvalue weighted by molar-refractivity contribution is 0.578. The lowest BCUT2D eigenvalue weighted by Crippen LogP contribution is -2.14. The number of rotatable bonds is 11. The second-order valence-corrected chi connectivity index (χ2v) is 5.45. The predicted octanol–water partition coefficient (Wildman–Crippen LogP) is 4.53. The Morgan fingerprint density at radius 2 is 1.47 bits per heavy atom. The number of aliphatic imine (C=N–C) groups is 1. The standard InChI is InChI=1S/C15H32N2/c1-4-5-6-7-8-9-10-11-12-17-15(16)13-14(2)3/h14H,4-13H2,1-3H3,(H2,16,17). The van der Waals surface area contributed by atoms with E-state index in [0.29, 0.717) is 5.92 Å². The van der Waals surface area contributed by atoms with E-state index in [1.165, 1.54) is 51.4 Å². The fraction of sp³-hybridized carbons (Fsp3) is 0.933. The molecule has 0 aliphatic heterocycles. The van der Waals surface area contributed by atoms with Gasteiger partial charge in [0, 0.05) is 13.0 Å². The van der Waals surface area contributed by atoms with E-state index in [4.69, 9.17) is 5.73 Å². The van der Waals surface area contributed by atoms with Crippen LogP contribution in [-0.4, -0.2) is 12.4 Å². The zero-order valence-corrected chi connectivity index (χ0v) is 12.2. The van der Waals surface area contributed by atoms with Crippen molar-refractivity contribution in [1.82, 2.24) is 0 Å². The van der Waals surface area contributed by atoms with Gasteiger partial charge in [-0.1, -0.05) is 65.7 Å². The fourth-order valence-corrected chi connectivity index (χ4v) is 1.95. The molecule has 0 spiro atoms. The molecule has 2 nitrogen and oxygen atoms in total. The summed E-state index contributed by atoms with van der Waals surface area (Å²) in [5, 5.41) is 0. The third kappa shape index (κ3) is 13.4. The zero-order chi connectivity index (χ0) is 12.9. The minimum absolute atomic E-state index is 0.623. The van der Waals surface area contributed by atoms with Crippen LogP contribution in [0, 0.1) is 5.92 Å². The van der Waals surface area contributed by atoms with Gasteiger partial charge in [0.15, 0.2) is 0 Å². The van der Waals surface area contributed by atoms with E-state index in [-0.39, 0.29) is 0 Å². The maximum Gasteiger partial charge on any atom is 0.0939 e. The van der Waals surface area contributed by atoms with Crippen molar-refractivity contribution in [2.45, 2.75) is 78.6 Å². The van der Waals surface area contributed by atoms with Crippen LogP contribution in [0.5, 0.6) is 0 Å². The van der Waals surface area contributed by atoms with E-state index in [1.54, 1.807) is 0 Å². The second kappa shape index (κ2) is 11.9. The smallest absolute Gasteiger partial charge is 0.0939 e. The first-order chi connectivity index (χ1) is 8.16. The Bertz CT molecular complexity index is 185. The van der Waals surface area contributed by atoms with Crippen LogP contribution in [0.3, 0.4) is 0 Å². The fourth-order valence-electron chi connectivity index (χ4n) is 1.95. The Labute approximate surface area is 108 Å². The van der Waals surface area contributed by atoms with E-state index >= 15 is 0 Å². The minimum atomic E-state index is 0.623. The minimum Gasteiger partial charge on any atom is -0.387 e.